The van der Waals surface area contributed by atoms with Gasteiger partial charge in [0.1, 0.15) is 11.6 Å². The van der Waals surface area contributed by atoms with Crippen molar-refractivity contribution in [3.05, 3.63) is 58.3 Å². The Morgan fingerprint density at radius 1 is 1.25 bits per heavy atom. The molecule has 0 spiro atoms. The number of hydrogen-bond acceptors (Lipinski definition) is 2. The molecule has 2 aromatic carbocycles. The molecule has 2 aliphatic rings. The number of amides is 2. The van der Waals surface area contributed by atoms with Gasteiger partial charge in [0.2, 0.25) is 0 Å². The van der Waals surface area contributed by atoms with Crippen molar-refractivity contribution in [3.63, 3.8) is 0 Å². The molecular weight excluding hydrogens is 375 g/mol. The predicted molar refractivity (Wildman–Crippen MR) is 92.5 cm³/mol. The van der Waals surface area contributed by atoms with E-state index in [-0.39, 0.29) is 23.8 Å². The van der Waals surface area contributed by atoms with Crippen molar-refractivity contribution in [1.29, 1.82) is 0 Å². The van der Waals surface area contributed by atoms with Gasteiger partial charge in [-0.25, -0.2) is 9.18 Å². The molecule has 124 valence electrons. The van der Waals surface area contributed by atoms with Crippen LogP contribution in [0, 0.1) is 11.7 Å². The smallest absolute Gasteiger partial charge is 0.325 e. The molecule has 0 unspecified atom stereocenters. The molecule has 4 nitrogen and oxygen atoms in total. The Kier molecular flexibility index (Phi) is 3.35. The fourth-order valence-electron chi connectivity index (χ4n) is 3.56. The molecular formula is C18H16BrFN2O2. The van der Waals surface area contributed by atoms with E-state index in [1.54, 1.807) is 17.0 Å². The summed E-state index contributed by atoms with van der Waals surface area (Å²) in [4.78, 5) is 14.3. The highest BCUT2D eigenvalue weighted by molar-refractivity contribution is 9.10. The number of rotatable bonds is 1. The maximum atomic E-state index is 13.3. The van der Waals surface area contributed by atoms with Crippen LogP contribution in [0.25, 0.3) is 0 Å². The highest BCUT2D eigenvalue weighted by atomic mass is 79.9. The Balaban J connectivity index is 1.84. The maximum absolute atomic E-state index is 13.3. The third kappa shape index (κ3) is 2.13. The van der Waals surface area contributed by atoms with Crippen LogP contribution < -0.4 is 15.0 Å². The summed E-state index contributed by atoms with van der Waals surface area (Å²) < 4.78 is 20.5. The average Bonchev–Trinajstić information content (AvgIpc) is 2.53. The van der Waals surface area contributed by atoms with E-state index in [2.05, 4.69) is 21.2 Å². The monoisotopic (exact) mass is 390 g/mol. The molecule has 2 aromatic rings. The molecule has 1 saturated heterocycles. The van der Waals surface area contributed by atoms with Crippen LogP contribution in [0.4, 0.5) is 14.9 Å². The zero-order valence-electron chi connectivity index (χ0n) is 13.2. The van der Waals surface area contributed by atoms with Gasteiger partial charge in [0.15, 0.2) is 5.72 Å². The third-order valence-electron chi connectivity index (χ3n) is 4.98. The minimum Gasteiger partial charge on any atom is -0.467 e. The van der Waals surface area contributed by atoms with Crippen LogP contribution in [-0.2, 0) is 0 Å². The lowest BCUT2D eigenvalue weighted by Gasteiger charge is -2.54. The van der Waals surface area contributed by atoms with Gasteiger partial charge >= 0.3 is 6.03 Å². The van der Waals surface area contributed by atoms with E-state index in [4.69, 9.17) is 4.74 Å². The van der Waals surface area contributed by atoms with Gasteiger partial charge in [-0.15, -0.1) is 0 Å². The van der Waals surface area contributed by atoms with E-state index in [0.29, 0.717) is 5.69 Å². The van der Waals surface area contributed by atoms with Crippen LogP contribution in [0.5, 0.6) is 5.75 Å². The second-order valence-electron chi connectivity index (χ2n) is 6.37. The van der Waals surface area contributed by atoms with Gasteiger partial charge in [0, 0.05) is 21.6 Å². The maximum Gasteiger partial charge on any atom is 0.325 e. The molecule has 2 heterocycles. The van der Waals surface area contributed by atoms with Crippen molar-refractivity contribution in [2.75, 3.05) is 4.90 Å². The number of hydrogen-bond donors (Lipinski definition) is 1. The molecule has 0 aliphatic carbocycles. The first-order chi connectivity index (χ1) is 11.4. The largest absolute Gasteiger partial charge is 0.467 e. The standard InChI is InChI=1S/C18H16BrFN2O2/c1-10-16-14-9-11(19)3-8-15(14)24-18(10,2)22(17(23)21-16)13-6-4-12(20)5-7-13/h3-10,16H,1-2H3,(H,21,23)/t10-,16-,18+/m1/s1. The minimum atomic E-state index is -0.855. The van der Waals surface area contributed by atoms with Crippen LogP contribution in [-0.4, -0.2) is 11.8 Å². The van der Waals surface area contributed by atoms with Crippen molar-refractivity contribution in [1.82, 2.24) is 5.32 Å². The van der Waals surface area contributed by atoms with Crippen molar-refractivity contribution in [3.8, 4) is 5.75 Å². The SMILES string of the molecule is C[C@@H]1[C@H]2NC(=O)N(c3ccc(F)cc3)[C@@]1(C)Oc1ccc(Br)cc12. The number of benzene rings is 2. The van der Waals surface area contributed by atoms with Crippen molar-refractivity contribution < 1.29 is 13.9 Å². The molecule has 2 aliphatic heterocycles. The summed E-state index contributed by atoms with van der Waals surface area (Å²) >= 11 is 3.47. The van der Waals surface area contributed by atoms with Gasteiger partial charge < -0.3 is 10.1 Å². The molecule has 24 heavy (non-hydrogen) atoms. The Morgan fingerprint density at radius 3 is 2.67 bits per heavy atom. The summed E-state index contributed by atoms with van der Waals surface area (Å²) in [6.45, 7) is 3.95. The van der Waals surface area contributed by atoms with E-state index < -0.39 is 5.72 Å². The first-order valence-corrected chi connectivity index (χ1v) is 8.54. The molecule has 1 N–H and O–H groups in total. The molecule has 0 radical (unpaired) electrons. The van der Waals surface area contributed by atoms with E-state index in [9.17, 15) is 9.18 Å². The minimum absolute atomic E-state index is 0.00190. The number of carbonyl (C=O) groups excluding carboxylic acids is 1. The van der Waals surface area contributed by atoms with Crippen LogP contribution >= 0.6 is 15.9 Å². The van der Waals surface area contributed by atoms with Crippen molar-refractivity contribution >= 4 is 27.6 Å². The van der Waals surface area contributed by atoms with E-state index in [1.165, 1.54) is 12.1 Å². The number of nitrogens with zero attached hydrogens (tertiary/aromatic N) is 1. The van der Waals surface area contributed by atoms with Crippen LogP contribution in [0.2, 0.25) is 0 Å². The number of fused-ring (bicyclic) bond motifs is 4. The number of urea groups is 1. The number of ether oxygens (including phenoxy) is 1. The van der Waals surface area contributed by atoms with Crippen molar-refractivity contribution in [2.24, 2.45) is 5.92 Å². The average molecular weight is 391 g/mol. The van der Waals surface area contributed by atoms with Gasteiger partial charge in [-0.05, 0) is 49.4 Å². The Labute approximate surface area is 147 Å². The number of anilines is 1. The molecule has 6 heteroatoms. The second kappa shape index (κ2) is 5.21. The lowest BCUT2D eigenvalue weighted by molar-refractivity contribution is -0.0126. The van der Waals surface area contributed by atoms with Gasteiger partial charge in [0.25, 0.3) is 0 Å². The van der Waals surface area contributed by atoms with Gasteiger partial charge in [-0.1, -0.05) is 22.9 Å². The summed E-state index contributed by atoms with van der Waals surface area (Å²) in [7, 11) is 0. The van der Waals surface area contributed by atoms with E-state index >= 15 is 0 Å². The lowest BCUT2D eigenvalue weighted by atomic mass is 9.80. The first kappa shape index (κ1) is 15.4. The fraction of sp³-hybridized carbons (Fsp3) is 0.278. The Morgan fingerprint density at radius 2 is 1.96 bits per heavy atom. The molecule has 3 atom stereocenters. The summed E-state index contributed by atoms with van der Waals surface area (Å²) in [6.07, 6.45) is 0. The zero-order valence-corrected chi connectivity index (χ0v) is 14.8. The predicted octanol–water partition coefficient (Wildman–Crippen LogP) is 4.60. The summed E-state index contributed by atoms with van der Waals surface area (Å²) in [5.41, 5.74) is 0.704. The molecule has 0 aromatic heterocycles. The topological polar surface area (TPSA) is 41.6 Å². The zero-order chi connectivity index (χ0) is 17.1. The summed E-state index contributed by atoms with van der Waals surface area (Å²) in [6, 6.07) is 11.3. The molecule has 0 saturated carbocycles. The van der Waals surface area contributed by atoms with Crippen LogP contribution in [0.1, 0.15) is 25.5 Å². The summed E-state index contributed by atoms with van der Waals surface area (Å²) in [5, 5.41) is 3.06. The highest BCUT2D eigenvalue weighted by Crippen LogP contribution is 2.49. The second-order valence-corrected chi connectivity index (χ2v) is 7.28. The fourth-order valence-corrected chi connectivity index (χ4v) is 3.94. The Bertz CT molecular complexity index is 826. The normalized spacial score (nSPS) is 28.0. The molecule has 4 rings (SSSR count). The number of carbonyl (C=O) groups is 1. The third-order valence-corrected chi connectivity index (χ3v) is 5.47. The quantitative estimate of drug-likeness (QED) is 0.772. The molecule has 1 fully saturated rings. The van der Waals surface area contributed by atoms with Crippen LogP contribution in [0.15, 0.2) is 46.9 Å². The van der Waals surface area contributed by atoms with Gasteiger partial charge in [0.05, 0.1) is 6.04 Å². The van der Waals surface area contributed by atoms with Gasteiger partial charge in [-0.3, -0.25) is 4.90 Å². The van der Waals surface area contributed by atoms with E-state index in [0.717, 1.165) is 15.8 Å². The van der Waals surface area contributed by atoms with Crippen LogP contribution in [0.3, 0.4) is 0 Å². The van der Waals surface area contributed by atoms with Gasteiger partial charge in [-0.2, -0.15) is 0 Å². The number of nitrogens with one attached hydrogen (secondary N) is 1. The Hall–Kier alpha value is -2.08. The highest BCUT2D eigenvalue weighted by Gasteiger charge is 2.55. The first-order valence-electron chi connectivity index (χ1n) is 7.75. The lowest BCUT2D eigenvalue weighted by Crippen LogP contribution is -2.69. The number of halogens is 2. The molecule has 2 amide bonds. The van der Waals surface area contributed by atoms with E-state index in [1.807, 2.05) is 32.0 Å². The van der Waals surface area contributed by atoms with Crippen molar-refractivity contribution in [2.45, 2.75) is 25.6 Å². The summed E-state index contributed by atoms with van der Waals surface area (Å²) in [5.74, 6) is 0.407. The molecule has 2 bridgehead atoms.